The number of para-hydroxylation sites is 4. The molecule has 0 radical (unpaired) electrons. The van der Waals surface area contributed by atoms with Crippen LogP contribution in [0.5, 0.6) is 5.75 Å². The number of phenols is 1. The number of hydrogen-bond donors (Lipinski definition) is 4. The molecule has 5 N–H and O–H groups in total. The number of imidazole rings is 1. The molecule has 0 spiro atoms. The van der Waals surface area contributed by atoms with Crippen LogP contribution in [-0.2, 0) is 11.3 Å². The molecule has 5 aromatic rings. The van der Waals surface area contributed by atoms with Crippen molar-refractivity contribution in [1.29, 1.82) is 5.41 Å². The first-order valence-corrected chi connectivity index (χ1v) is 11.7. The van der Waals surface area contributed by atoms with Gasteiger partial charge in [-0.25, -0.2) is 0 Å². The highest BCUT2D eigenvalue weighted by molar-refractivity contribution is 5.98. The third-order valence-electron chi connectivity index (χ3n) is 6.24. The summed E-state index contributed by atoms with van der Waals surface area (Å²) in [4.78, 5) is 12.2. The van der Waals surface area contributed by atoms with E-state index in [4.69, 9.17) is 11.1 Å². The van der Waals surface area contributed by atoms with E-state index in [2.05, 4.69) is 5.32 Å². The molecule has 0 aliphatic carbocycles. The van der Waals surface area contributed by atoms with Gasteiger partial charge >= 0.3 is 0 Å². The van der Waals surface area contributed by atoms with Crippen LogP contribution in [0, 0.1) is 5.41 Å². The molecule has 0 aliphatic rings. The van der Waals surface area contributed by atoms with E-state index in [1.807, 2.05) is 94.1 Å². The van der Waals surface area contributed by atoms with Crippen LogP contribution in [0.3, 0.4) is 0 Å². The zero-order chi connectivity index (χ0) is 25.2. The van der Waals surface area contributed by atoms with Crippen molar-refractivity contribution in [2.75, 3.05) is 5.32 Å². The maximum Gasteiger partial charge on any atom is 0.241 e. The van der Waals surface area contributed by atoms with Crippen LogP contribution in [0.4, 0.5) is 5.69 Å². The molecule has 1 amide bonds. The van der Waals surface area contributed by atoms with Gasteiger partial charge in [0.1, 0.15) is 5.75 Å². The number of aromatic nitrogens is 2. The van der Waals surface area contributed by atoms with Crippen LogP contribution in [0.15, 0.2) is 97.1 Å². The van der Waals surface area contributed by atoms with Gasteiger partial charge in [0, 0.05) is 22.5 Å². The molecule has 1 atom stereocenters. The number of amides is 1. The minimum atomic E-state index is -0.609. The van der Waals surface area contributed by atoms with Crippen molar-refractivity contribution in [3.05, 3.63) is 108 Å². The van der Waals surface area contributed by atoms with Crippen molar-refractivity contribution in [3.63, 3.8) is 0 Å². The molecule has 1 aromatic heterocycles. The number of aromatic hydroxyl groups is 1. The fourth-order valence-electron chi connectivity index (χ4n) is 4.35. The lowest BCUT2D eigenvalue weighted by molar-refractivity contribution is -0.117. The summed E-state index contributed by atoms with van der Waals surface area (Å²) in [6, 6.07) is 29.9. The van der Waals surface area contributed by atoms with Gasteiger partial charge < -0.3 is 20.7 Å². The van der Waals surface area contributed by atoms with Crippen LogP contribution >= 0.6 is 0 Å². The van der Waals surface area contributed by atoms with E-state index in [1.54, 1.807) is 19.1 Å². The number of anilines is 1. The van der Waals surface area contributed by atoms with Crippen molar-refractivity contribution in [1.82, 2.24) is 9.13 Å². The lowest BCUT2D eigenvalue weighted by Crippen LogP contribution is -2.32. The number of nitrogens with one attached hydrogen (secondary N) is 2. The van der Waals surface area contributed by atoms with Crippen molar-refractivity contribution >= 4 is 22.6 Å². The summed E-state index contributed by atoms with van der Waals surface area (Å²) in [5, 5.41) is 22.2. The first-order chi connectivity index (χ1) is 17.4. The highest BCUT2D eigenvalue weighted by atomic mass is 16.3. The van der Waals surface area contributed by atoms with Gasteiger partial charge in [-0.05, 0) is 48.9 Å². The number of rotatable bonds is 6. The van der Waals surface area contributed by atoms with Crippen LogP contribution in [-0.4, -0.2) is 26.2 Å². The van der Waals surface area contributed by atoms with Crippen molar-refractivity contribution in [2.45, 2.75) is 19.5 Å². The van der Waals surface area contributed by atoms with Crippen molar-refractivity contribution < 1.29 is 9.90 Å². The Bertz CT molecular complexity index is 1610. The summed E-state index contributed by atoms with van der Waals surface area (Å²) >= 11 is 0. The lowest BCUT2D eigenvalue weighted by atomic mass is 10.0. The van der Waals surface area contributed by atoms with E-state index in [1.165, 1.54) is 0 Å². The van der Waals surface area contributed by atoms with Gasteiger partial charge in [-0.2, -0.15) is 0 Å². The predicted molar refractivity (Wildman–Crippen MR) is 142 cm³/mol. The molecule has 7 nitrogen and oxygen atoms in total. The fourth-order valence-corrected chi connectivity index (χ4v) is 4.35. The summed E-state index contributed by atoms with van der Waals surface area (Å²) in [5.41, 5.74) is 11.9. The van der Waals surface area contributed by atoms with Gasteiger partial charge in [0.15, 0.2) is 0 Å². The number of carbonyl (C=O) groups excluding carboxylic acids is 1. The number of hydrogen-bond acceptors (Lipinski definition) is 4. The molecule has 5 rings (SSSR count). The molecule has 0 saturated carbocycles. The van der Waals surface area contributed by atoms with Crippen LogP contribution in [0.2, 0.25) is 0 Å². The monoisotopic (exact) mass is 477 g/mol. The highest BCUT2D eigenvalue weighted by Crippen LogP contribution is 2.29. The van der Waals surface area contributed by atoms with E-state index < -0.39 is 6.04 Å². The number of phenolic OH excluding ortho intramolecular Hbond substituents is 1. The normalized spacial score (nSPS) is 11.9. The molecular weight excluding hydrogens is 450 g/mol. The van der Waals surface area contributed by atoms with Crippen molar-refractivity contribution in [2.24, 2.45) is 5.73 Å². The van der Waals surface area contributed by atoms with E-state index in [-0.39, 0.29) is 11.7 Å². The zero-order valence-corrected chi connectivity index (χ0v) is 19.8. The highest BCUT2D eigenvalue weighted by Gasteiger charge is 2.15. The minimum absolute atomic E-state index is 0.209. The van der Waals surface area contributed by atoms with Crippen molar-refractivity contribution in [3.8, 4) is 22.6 Å². The number of nitrogens with two attached hydrogens (primary N) is 1. The summed E-state index contributed by atoms with van der Waals surface area (Å²) in [6.45, 7) is 2.03. The molecule has 4 aromatic carbocycles. The quantitative estimate of drug-likeness (QED) is 0.287. The van der Waals surface area contributed by atoms with E-state index in [0.717, 1.165) is 33.4 Å². The predicted octanol–water partition coefficient (Wildman–Crippen LogP) is 4.62. The Morgan fingerprint density at radius 3 is 2.28 bits per heavy atom. The smallest absolute Gasteiger partial charge is 0.241 e. The molecule has 0 fully saturated rings. The summed E-state index contributed by atoms with van der Waals surface area (Å²) in [5.74, 6) is -0.0360. The summed E-state index contributed by atoms with van der Waals surface area (Å²) < 4.78 is 3.78. The molecule has 7 heteroatoms. The molecular formula is C29H27N5O2. The van der Waals surface area contributed by atoms with Gasteiger partial charge in [0.25, 0.3) is 0 Å². The summed E-state index contributed by atoms with van der Waals surface area (Å²) in [6.07, 6.45) is 0. The first-order valence-electron chi connectivity index (χ1n) is 11.7. The third kappa shape index (κ3) is 4.28. The molecule has 1 heterocycles. The topological polar surface area (TPSA) is 109 Å². The van der Waals surface area contributed by atoms with Gasteiger partial charge in [0.2, 0.25) is 11.5 Å². The van der Waals surface area contributed by atoms with E-state index in [9.17, 15) is 9.90 Å². The van der Waals surface area contributed by atoms with Crippen LogP contribution in [0.25, 0.3) is 27.8 Å². The Morgan fingerprint density at radius 2 is 1.56 bits per heavy atom. The average molecular weight is 478 g/mol. The number of benzene rings is 4. The molecule has 1 unspecified atom stereocenters. The SMILES string of the molecule is CC(N)C(=O)Nc1ccccc1-c1ccc(-n2c(=N)n(Cc3ccccc3O)c3ccccc32)cc1. The standard InChI is InChI=1S/C29H27N5O2/c1-19(30)28(36)32-24-10-4-3-9-23(24)20-14-16-22(17-15-20)34-26-12-6-5-11-25(26)33(29(34)31)18-21-8-2-7-13-27(21)35/h2-17,19,31,35H,18,30H2,1H3,(H,32,36). The zero-order valence-electron chi connectivity index (χ0n) is 19.8. The fraction of sp³-hybridized carbons (Fsp3) is 0.103. The molecule has 0 aliphatic heterocycles. The Labute approximate surface area is 208 Å². The molecule has 36 heavy (non-hydrogen) atoms. The minimum Gasteiger partial charge on any atom is -0.508 e. The Hall–Kier alpha value is -4.62. The second kappa shape index (κ2) is 9.56. The van der Waals surface area contributed by atoms with Gasteiger partial charge in [-0.3, -0.25) is 14.8 Å². The molecule has 0 bridgehead atoms. The Balaban J connectivity index is 1.55. The average Bonchev–Trinajstić information content (AvgIpc) is 3.17. The third-order valence-corrected chi connectivity index (χ3v) is 6.24. The van der Waals surface area contributed by atoms with Crippen LogP contribution in [0.1, 0.15) is 12.5 Å². The van der Waals surface area contributed by atoms with Gasteiger partial charge in [-0.15, -0.1) is 0 Å². The Morgan fingerprint density at radius 1 is 0.917 bits per heavy atom. The number of nitrogens with zero attached hydrogens (tertiary/aromatic N) is 2. The molecule has 0 saturated heterocycles. The first kappa shape index (κ1) is 23.1. The van der Waals surface area contributed by atoms with Crippen LogP contribution < -0.4 is 16.7 Å². The van der Waals surface area contributed by atoms with Gasteiger partial charge in [0.05, 0.1) is 23.6 Å². The second-order valence-electron chi connectivity index (χ2n) is 8.73. The second-order valence-corrected chi connectivity index (χ2v) is 8.73. The Kier molecular flexibility index (Phi) is 6.14. The van der Waals surface area contributed by atoms with Gasteiger partial charge in [-0.1, -0.05) is 60.7 Å². The van der Waals surface area contributed by atoms with E-state index >= 15 is 0 Å². The van der Waals surface area contributed by atoms with E-state index in [0.29, 0.717) is 17.9 Å². The number of fused-ring (bicyclic) bond motifs is 1. The molecule has 180 valence electrons. The maximum atomic E-state index is 12.2. The maximum absolute atomic E-state index is 12.2. The lowest BCUT2D eigenvalue weighted by Gasteiger charge is -2.13. The largest absolute Gasteiger partial charge is 0.508 e. The summed E-state index contributed by atoms with van der Waals surface area (Å²) in [7, 11) is 0. The number of carbonyl (C=O) groups is 1.